The van der Waals surface area contributed by atoms with Crippen LogP contribution in [0.1, 0.15) is 82.3 Å². The molecule has 0 heterocycles. The van der Waals surface area contributed by atoms with Gasteiger partial charge in [-0.25, -0.2) is 8.78 Å². The van der Waals surface area contributed by atoms with Crippen LogP contribution in [0.5, 0.6) is 0 Å². The second kappa shape index (κ2) is 10.4. The molecule has 1 aromatic carbocycles. The lowest BCUT2D eigenvalue weighted by Gasteiger charge is -2.38. The SMILES string of the molecule is CCc1ccc(C(F)(F)OC2CCC(C3CCC(CCCF)CC3)CC2)c(F)c1F. The van der Waals surface area contributed by atoms with Gasteiger partial charge in [0.2, 0.25) is 0 Å². The summed E-state index contributed by atoms with van der Waals surface area (Å²) < 4.78 is 74.6. The van der Waals surface area contributed by atoms with Crippen molar-refractivity contribution in [1.82, 2.24) is 0 Å². The molecule has 2 saturated carbocycles. The van der Waals surface area contributed by atoms with Crippen LogP contribution in [0.15, 0.2) is 12.1 Å². The van der Waals surface area contributed by atoms with Crippen molar-refractivity contribution in [3.05, 3.63) is 34.9 Å². The molecule has 0 atom stereocenters. The van der Waals surface area contributed by atoms with Gasteiger partial charge in [0.25, 0.3) is 0 Å². The molecular weight excluding hydrogens is 399 g/mol. The van der Waals surface area contributed by atoms with E-state index in [1.165, 1.54) is 6.07 Å². The zero-order valence-corrected chi connectivity index (χ0v) is 17.7. The summed E-state index contributed by atoms with van der Waals surface area (Å²) in [4.78, 5) is 0. The van der Waals surface area contributed by atoms with E-state index in [4.69, 9.17) is 4.74 Å². The molecular formula is C24H33F5O. The minimum absolute atomic E-state index is 0.0759. The summed E-state index contributed by atoms with van der Waals surface area (Å²) in [5.74, 6) is -0.980. The molecule has 1 nitrogen and oxygen atoms in total. The normalized spacial score (nSPS) is 27.9. The molecule has 30 heavy (non-hydrogen) atoms. The highest BCUT2D eigenvalue weighted by Crippen LogP contribution is 2.43. The van der Waals surface area contributed by atoms with Gasteiger partial charge in [-0.05, 0) is 87.2 Å². The largest absolute Gasteiger partial charge is 0.386 e. The Hall–Kier alpha value is -1.17. The molecule has 0 unspecified atom stereocenters. The predicted octanol–water partition coefficient (Wildman–Crippen LogP) is 7.71. The van der Waals surface area contributed by atoms with Gasteiger partial charge in [0.15, 0.2) is 11.6 Å². The number of aryl methyl sites for hydroxylation is 1. The molecule has 170 valence electrons. The highest BCUT2D eigenvalue weighted by molar-refractivity contribution is 5.28. The van der Waals surface area contributed by atoms with Crippen LogP contribution in [0, 0.1) is 29.4 Å². The average Bonchev–Trinajstić information content (AvgIpc) is 2.74. The van der Waals surface area contributed by atoms with Crippen molar-refractivity contribution in [1.29, 1.82) is 0 Å². The van der Waals surface area contributed by atoms with E-state index in [1.807, 2.05) is 0 Å². The van der Waals surface area contributed by atoms with Gasteiger partial charge >= 0.3 is 6.11 Å². The fraction of sp³-hybridized carbons (Fsp3) is 0.750. The van der Waals surface area contributed by atoms with E-state index in [-0.39, 0.29) is 18.7 Å². The van der Waals surface area contributed by atoms with Crippen LogP contribution in [0.4, 0.5) is 22.0 Å². The molecule has 1 aromatic rings. The van der Waals surface area contributed by atoms with Gasteiger partial charge in [0, 0.05) is 0 Å². The Morgan fingerprint density at radius 1 is 0.900 bits per heavy atom. The number of hydrogen-bond donors (Lipinski definition) is 0. The van der Waals surface area contributed by atoms with Crippen LogP contribution in [0.2, 0.25) is 0 Å². The van der Waals surface area contributed by atoms with Gasteiger partial charge in [-0.1, -0.05) is 25.8 Å². The van der Waals surface area contributed by atoms with E-state index < -0.39 is 29.4 Å². The van der Waals surface area contributed by atoms with Crippen molar-refractivity contribution in [3.63, 3.8) is 0 Å². The van der Waals surface area contributed by atoms with Crippen LogP contribution in [0.25, 0.3) is 0 Å². The number of alkyl halides is 3. The lowest BCUT2D eigenvalue weighted by atomic mass is 9.70. The highest BCUT2D eigenvalue weighted by Gasteiger charge is 2.41. The van der Waals surface area contributed by atoms with Crippen LogP contribution >= 0.6 is 0 Å². The van der Waals surface area contributed by atoms with Crippen LogP contribution in [-0.2, 0) is 17.3 Å². The predicted molar refractivity (Wildman–Crippen MR) is 107 cm³/mol. The van der Waals surface area contributed by atoms with Crippen molar-refractivity contribution in [2.24, 2.45) is 17.8 Å². The Bertz CT molecular complexity index is 676. The minimum atomic E-state index is -3.84. The first-order chi connectivity index (χ1) is 14.4. The Morgan fingerprint density at radius 2 is 1.50 bits per heavy atom. The molecule has 2 fully saturated rings. The maximum absolute atomic E-state index is 14.6. The molecule has 0 radical (unpaired) electrons. The van der Waals surface area contributed by atoms with Crippen LogP contribution in [-0.4, -0.2) is 12.8 Å². The van der Waals surface area contributed by atoms with Crippen molar-refractivity contribution in [2.45, 2.75) is 89.8 Å². The van der Waals surface area contributed by atoms with E-state index in [1.54, 1.807) is 6.92 Å². The van der Waals surface area contributed by atoms with Gasteiger partial charge in [0.1, 0.15) is 0 Å². The van der Waals surface area contributed by atoms with E-state index in [2.05, 4.69) is 0 Å². The Balaban J connectivity index is 1.50. The third-order valence-electron chi connectivity index (χ3n) is 7.19. The third-order valence-corrected chi connectivity index (χ3v) is 7.19. The molecule has 0 N–H and O–H groups in total. The topological polar surface area (TPSA) is 9.23 Å². The standard InChI is InChI=1S/C24H33F5O/c1-2-17-11-14-21(23(27)22(17)26)24(28,29)30-20-12-9-19(10-13-20)18-7-5-16(6-8-18)4-3-15-25/h11,14,16,18-20H,2-10,12-13,15H2,1H3. The average molecular weight is 433 g/mol. The van der Waals surface area contributed by atoms with Crippen LogP contribution in [0.3, 0.4) is 0 Å². The lowest BCUT2D eigenvalue weighted by molar-refractivity contribution is -0.280. The van der Waals surface area contributed by atoms with Crippen molar-refractivity contribution in [2.75, 3.05) is 6.67 Å². The summed E-state index contributed by atoms with van der Waals surface area (Å²) in [6.07, 6.45) is 4.58. The molecule has 0 aliphatic heterocycles. The van der Waals surface area contributed by atoms with Crippen molar-refractivity contribution < 1.29 is 26.7 Å². The zero-order valence-electron chi connectivity index (χ0n) is 17.7. The molecule has 2 aliphatic rings. The van der Waals surface area contributed by atoms with Crippen molar-refractivity contribution >= 4 is 0 Å². The summed E-state index contributed by atoms with van der Waals surface area (Å²) in [5.41, 5.74) is -0.946. The maximum atomic E-state index is 14.6. The molecule has 0 aromatic heterocycles. The van der Waals surface area contributed by atoms with Gasteiger partial charge in [-0.15, -0.1) is 0 Å². The quantitative estimate of drug-likeness (QED) is 0.382. The molecule has 3 rings (SSSR count). The fourth-order valence-corrected chi connectivity index (χ4v) is 5.35. The molecule has 0 spiro atoms. The van der Waals surface area contributed by atoms with Gasteiger partial charge in [-0.3, -0.25) is 4.39 Å². The van der Waals surface area contributed by atoms with E-state index in [0.29, 0.717) is 37.0 Å². The Kier molecular flexibility index (Phi) is 8.17. The van der Waals surface area contributed by atoms with Crippen molar-refractivity contribution in [3.8, 4) is 0 Å². The first-order valence-electron chi connectivity index (χ1n) is 11.4. The third kappa shape index (κ3) is 5.54. The summed E-state index contributed by atoms with van der Waals surface area (Å²) in [6, 6.07) is 2.14. The number of benzene rings is 1. The van der Waals surface area contributed by atoms with Gasteiger partial charge in [-0.2, -0.15) is 8.78 Å². The highest BCUT2D eigenvalue weighted by atomic mass is 19.3. The zero-order chi connectivity index (χ0) is 21.7. The molecule has 2 aliphatic carbocycles. The van der Waals surface area contributed by atoms with Crippen LogP contribution < -0.4 is 0 Å². The Morgan fingerprint density at radius 3 is 2.07 bits per heavy atom. The summed E-state index contributed by atoms with van der Waals surface area (Å²) >= 11 is 0. The van der Waals surface area contributed by atoms with E-state index in [0.717, 1.165) is 51.0 Å². The Labute approximate surface area is 176 Å². The lowest BCUT2D eigenvalue weighted by Crippen LogP contribution is -2.33. The monoisotopic (exact) mass is 432 g/mol. The summed E-state index contributed by atoms with van der Waals surface area (Å²) in [6.45, 7) is 1.40. The molecule has 0 saturated heterocycles. The maximum Gasteiger partial charge on any atom is 0.386 e. The van der Waals surface area contributed by atoms with E-state index in [9.17, 15) is 22.0 Å². The second-order valence-electron chi connectivity index (χ2n) is 9.04. The van der Waals surface area contributed by atoms with Gasteiger partial charge < -0.3 is 4.74 Å². The molecule has 0 bridgehead atoms. The molecule has 0 amide bonds. The first kappa shape index (κ1) is 23.5. The number of hydrogen-bond acceptors (Lipinski definition) is 1. The summed E-state index contributed by atoms with van der Waals surface area (Å²) in [7, 11) is 0. The van der Waals surface area contributed by atoms with Gasteiger partial charge in [0.05, 0.1) is 18.3 Å². The van der Waals surface area contributed by atoms with E-state index >= 15 is 0 Å². The number of rotatable bonds is 8. The number of halogens is 5. The smallest absolute Gasteiger partial charge is 0.313 e. The molecule has 6 heteroatoms. The fourth-order valence-electron chi connectivity index (χ4n) is 5.35. The number of ether oxygens (including phenoxy) is 1. The minimum Gasteiger partial charge on any atom is -0.313 e. The summed E-state index contributed by atoms with van der Waals surface area (Å²) in [5, 5.41) is 0. The second-order valence-corrected chi connectivity index (χ2v) is 9.04. The first-order valence-corrected chi connectivity index (χ1v) is 11.4.